The Bertz CT molecular complexity index is 112. The van der Waals surface area contributed by atoms with E-state index in [0.29, 0.717) is 0 Å². The maximum absolute atomic E-state index is 8.33. The lowest BCUT2D eigenvalue weighted by atomic mass is 11.0. The van der Waals surface area contributed by atoms with E-state index in [1.54, 1.807) is 0 Å². The maximum atomic E-state index is 8.33. The molecule has 0 radical (unpaired) electrons. The number of nitrogens with zero attached hydrogens (tertiary/aromatic N) is 2. The van der Waals surface area contributed by atoms with Crippen molar-refractivity contribution in [3.8, 4) is 0 Å². The van der Waals surface area contributed by atoms with E-state index in [0.717, 1.165) is 4.73 Å². The Morgan fingerprint density at radius 2 is 2.50 bits per heavy atom. The molecule has 3 nitrogen and oxygen atoms in total. The third-order valence-corrected chi connectivity index (χ3v) is 0.490. The maximum Gasteiger partial charge on any atom is 0.131 e. The molecular formula is C3H4N2O. The van der Waals surface area contributed by atoms with E-state index < -0.39 is 0 Å². The van der Waals surface area contributed by atoms with Crippen LogP contribution < -0.4 is 0 Å². The molecule has 1 aromatic heterocycles. The fraction of sp³-hybridized carbons (Fsp3) is 0. The van der Waals surface area contributed by atoms with Crippen LogP contribution in [0.3, 0.4) is 0 Å². The Morgan fingerprint density at radius 1 is 1.67 bits per heavy atom. The van der Waals surface area contributed by atoms with Crippen LogP contribution in [0.5, 0.6) is 0 Å². The van der Waals surface area contributed by atoms with Crippen molar-refractivity contribution in [3.05, 3.63) is 18.7 Å². The first-order valence-electron chi connectivity index (χ1n) is 1.57. The van der Waals surface area contributed by atoms with Gasteiger partial charge in [0.1, 0.15) is 6.33 Å². The fourth-order valence-electron chi connectivity index (χ4n) is 0.252. The average Bonchev–Trinajstić information content (AvgIpc) is 1.86. The van der Waals surface area contributed by atoms with E-state index in [1.165, 1.54) is 18.7 Å². The molecule has 0 bridgehead atoms. The van der Waals surface area contributed by atoms with Crippen LogP contribution in [0.15, 0.2) is 18.7 Å². The van der Waals surface area contributed by atoms with Crippen molar-refractivity contribution in [2.24, 2.45) is 0 Å². The van der Waals surface area contributed by atoms with E-state index >= 15 is 0 Å². The van der Waals surface area contributed by atoms with Gasteiger partial charge in [0, 0.05) is 6.20 Å². The molecule has 1 N–H and O–H groups in total. The van der Waals surface area contributed by atoms with Gasteiger partial charge in [-0.1, -0.05) is 0 Å². The fourth-order valence-corrected chi connectivity index (χ4v) is 0.252. The first-order valence-corrected chi connectivity index (χ1v) is 1.57. The van der Waals surface area contributed by atoms with Gasteiger partial charge in [-0.2, -0.15) is 4.73 Å². The Hall–Kier alpha value is -0.990. The first kappa shape index (κ1) is 3.21. The summed E-state index contributed by atoms with van der Waals surface area (Å²) in [5.41, 5.74) is 0. The van der Waals surface area contributed by atoms with Gasteiger partial charge in [-0.25, -0.2) is 4.98 Å². The summed E-state index contributed by atoms with van der Waals surface area (Å²) in [6.07, 6.45) is 4.25. The van der Waals surface area contributed by atoms with Gasteiger partial charge >= 0.3 is 0 Å². The summed E-state index contributed by atoms with van der Waals surface area (Å²) in [5.74, 6) is 0. The molecule has 0 saturated carbocycles. The van der Waals surface area contributed by atoms with Crippen LogP contribution >= 0.6 is 0 Å². The summed E-state index contributed by atoms with van der Waals surface area (Å²) in [7, 11) is 0. The molecule has 1 heterocycles. The molecule has 32 valence electrons. The van der Waals surface area contributed by atoms with Crippen molar-refractivity contribution < 1.29 is 5.21 Å². The highest BCUT2D eigenvalue weighted by atomic mass is 16.5. The molecule has 0 aliphatic heterocycles. The SMILES string of the molecule is On1ccnc1. The summed E-state index contributed by atoms with van der Waals surface area (Å²) in [4.78, 5) is 3.53. The second-order valence-electron chi connectivity index (χ2n) is 0.943. The van der Waals surface area contributed by atoms with Crippen LogP contribution in [-0.4, -0.2) is 14.9 Å². The van der Waals surface area contributed by atoms with E-state index in [4.69, 9.17) is 5.21 Å². The number of aromatic nitrogens is 2. The lowest BCUT2D eigenvalue weighted by molar-refractivity contribution is 0.186. The topological polar surface area (TPSA) is 38.0 Å². The third-order valence-electron chi connectivity index (χ3n) is 0.490. The van der Waals surface area contributed by atoms with Crippen molar-refractivity contribution in [1.82, 2.24) is 9.71 Å². The molecule has 3 heteroatoms. The van der Waals surface area contributed by atoms with Crippen molar-refractivity contribution >= 4 is 0 Å². The van der Waals surface area contributed by atoms with E-state index in [2.05, 4.69) is 4.98 Å². The highest BCUT2D eigenvalue weighted by molar-refractivity contribution is 4.67. The van der Waals surface area contributed by atoms with Crippen molar-refractivity contribution in [2.75, 3.05) is 0 Å². The molecule has 0 aliphatic rings. The molecule has 0 atom stereocenters. The summed E-state index contributed by atoms with van der Waals surface area (Å²) >= 11 is 0. The van der Waals surface area contributed by atoms with Crippen LogP contribution in [0.2, 0.25) is 0 Å². The molecule has 1 aromatic rings. The van der Waals surface area contributed by atoms with Crippen LogP contribution in [0.4, 0.5) is 0 Å². The summed E-state index contributed by atoms with van der Waals surface area (Å²) < 4.78 is 0.889. The van der Waals surface area contributed by atoms with E-state index in [1.807, 2.05) is 0 Å². The molecule has 0 unspecified atom stereocenters. The minimum atomic E-state index is 0.889. The van der Waals surface area contributed by atoms with Gasteiger partial charge in [0.15, 0.2) is 0 Å². The van der Waals surface area contributed by atoms with E-state index in [9.17, 15) is 0 Å². The Kier molecular flexibility index (Phi) is 0.538. The number of hydrogen-bond acceptors (Lipinski definition) is 2. The minimum Gasteiger partial charge on any atom is -0.427 e. The Labute approximate surface area is 34.8 Å². The quantitative estimate of drug-likeness (QED) is 0.453. The Morgan fingerprint density at radius 3 is 2.67 bits per heavy atom. The van der Waals surface area contributed by atoms with Gasteiger partial charge < -0.3 is 5.21 Å². The second kappa shape index (κ2) is 1.01. The molecule has 0 amide bonds. The normalized spacial score (nSPS) is 8.67. The van der Waals surface area contributed by atoms with E-state index in [-0.39, 0.29) is 0 Å². The van der Waals surface area contributed by atoms with Crippen LogP contribution in [0.25, 0.3) is 0 Å². The first-order chi connectivity index (χ1) is 2.89. The highest BCUT2D eigenvalue weighted by Gasteiger charge is 1.71. The smallest absolute Gasteiger partial charge is 0.131 e. The molecular weight excluding hydrogens is 80.0 g/mol. The highest BCUT2D eigenvalue weighted by Crippen LogP contribution is 1.72. The molecule has 0 fully saturated rings. The van der Waals surface area contributed by atoms with Gasteiger partial charge in [0.05, 0.1) is 6.20 Å². The lowest BCUT2D eigenvalue weighted by Crippen LogP contribution is -1.79. The monoisotopic (exact) mass is 84.0 g/mol. The zero-order valence-electron chi connectivity index (χ0n) is 3.07. The largest absolute Gasteiger partial charge is 0.427 e. The lowest BCUT2D eigenvalue weighted by Gasteiger charge is -1.77. The van der Waals surface area contributed by atoms with Gasteiger partial charge in [-0.05, 0) is 0 Å². The molecule has 0 aromatic carbocycles. The van der Waals surface area contributed by atoms with Crippen molar-refractivity contribution in [2.45, 2.75) is 0 Å². The van der Waals surface area contributed by atoms with Crippen LogP contribution in [0, 0.1) is 0 Å². The third kappa shape index (κ3) is 0.337. The standard InChI is InChI=1S/C3H4N2O/c6-5-2-1-4-3-5/h1-3,6H. The van der Waals surface area contributed by atoms with Gasteiger partial charge in [-0.3, -0.25) is 0 Å². The summed E-state index contributed by atoms with van der Waals surface area (Å²) in [6.45, 7) is 0. The van der Waals surface area contributed by atoms with Gasteiger partial charge in [0.2, 0.25) is 0 Å². The van der Waals surface area contributed by atoms with Crippen molar-refractivity contribution in [3.63, 3.8) is 0 Å². The van der Waals surface area contributed by atoms with Crippen molar-refractivity contribution in [1.29, 1.82) is 0 Å². The molecule has 0 aliphatic carbocycles. The number of imidazole rings is 1. The summed E-state index contributed by atoms with van der Waals surface area (Å²) in [5, 5.41) is 8.33. The number of rotatable bonds is 0. The Balaban J connectivity index is 3.05. The number of hydrogen-bond donors (Lipinski definition) is 1. The zero-order chi connectivity index (χ0) is 4.41. The minimum absolute atomic E-state index is 0.889. The molecule has 0 saturated heterocycles. The second-order valence-corrected chi connectivity index (χ2v) is 0.943. The summed E-state index contributed by atoms with van der Waals surface area (Å²) in [6, 6.07) is 0. The molecule has 0 spiro atoms. The van der Waals surface area contributed by atoms with Crippen LogP contribution in [-0.2, 0) is 0 Å². The predicted octanol–water partition coefficient (Wildman–Crippen LogP) is 0.120. The van der Waals surface area contributed by atoms with Gasteiger partial charge in [-0.15, -0.1) is 0 Å². The molecule has 1 rings (SSSR count). The molecule has 6 heavy (non-hydrogen) atoms. The predicted molar refractivity (Wildman–Crippen MR) is 19.4 cm³/mol. The van der Waals surface area contributed by atoms with Gasteiger partial charge in [0.25, 0.3) is 0 Å². The van der Waals surface area contributed by atoms with Crippen LogP contribution in [0.1, 0.15) is 0 Å². The average molecular weight is 84.1 g/mol. The zero-order valence-corrected chi connectivity index (χ0v) is 3.07.